The third-order valence-electron chi connectivity index (χ3n) is 6.80. The summed E-state index contributed by atoms with van der Waals surface area (Å²) in [5.74, 6) is 0. The quantitative estimate of drug-likeness (QED) is 0.284. The Morgan fingerprint density at radius 2 is 1.81 bits per heavy atom. The van der Waals surface area contributed by atoms with E-state index < -0.39 is 0 Å². The van der Waals surface area contributed by atoms with Gasteiger partial charge in [0.05, 0.1) is 0 Å². The highest BCUT2D eigenvalue weighted by Crippen LogP contribution is 2.33. The summed E-state index contributed by atoms with van der Waals surface area (Å²) in [6, 6.07) is 22.0. The van der Waals surface area contributed by atoms with Crippen molar-refractivity contribution in [3.05, 3.63) is 88.7 Å². The highest BCUT2D eigenvalue weighted by molar-refractivity contribution is 7.19. The number of aromatic nitrogens is 2. The molecule has 0 radical (unpaired) electrons. The van der Waals surface area contributed by atoms with Gasteiger partial charge in [0.1, 0.15) is 11.7 Å². The van der Waals surface area contributed by atoms with E-state index in [-0.39, 0.29) is 0 Å². The first-order valence-electron chi connectivity index (χ1n) is 11.5. The summed E-state index contributed by atoms with van der Waals surface area (Å²) < 4.78 is 6.17. The summed E-state index contributed by atoms with van der Waals surface area (Å²) in [6.07, 6.45) is 10.6. The van der Waals surface area contributed by atoms with Crippen LogP contribution >= 0.6 is 11.3 Å². The fourth-order valence-electron chi connectivity index (χ4n) is 5.28. The van der Waals surface area contributed by atoms with E-state index in [1.807, 2.05) is 11.3 Å². The number of nitrogens with zero attached hydrogens (tertiary/aromatic N) is 2. The van der Waals surface area contributed by atoms with Crippen LogP contribution in [0.15, 0.2) is 78.4 Å². The van der Waals surface area contributed by atoms with Crippen molar-refractivity contribution >= 4 is 54.9 Å². The molecule has 0 spiro atoms. The molecule has 2 aromatic heterocycles. The minimum Gasteiger partial charge on any atom is -0.341 e. The number of benzene rings is 3. The van der Waals surface area contributed by atoms with Gasteiger partial charge in [-0.3, -0.25) is 0 Å². The van der Waals surface area contributed by atoms with Gasteiger partial charge >= 0.3 is 0 Å². The van der Waals surface area contributed by atoms with Crippen molar-refractivity contribution in [1.29, 1.82) is 0 Å². The van der Waals surface area contributed by atoms with Crippen molar-refractivity contribution in [1.82, 2.24) is 4.57 Å². The highest BCUT2D eigenvalue weighted by Gasteiger charge is 2.22. The van der Waals surface area contributed by atoms with Crippen molar-refractivity contribution < 1.29 is 4.57 Å². The van der Waals surface area contributed by atoms with Crippen molar-refractivity contribution in [2.45, 2.75) is 32.7 Å². The number of rotatable bonds is 3. The van der Waals surface area contributed by atoms with Gasteiger partial charge in [0, 0.05) is 39.8 Å². The molecule has 6 rings (SSSR count). The normalized spacial score (nSPS) is 16.6. The number of allylic oxidation sites excluding steroid dienone is 4. The zero-order valence-corrected chi connectivity index (χ0v) is 19.5. The molecule has 2 nitrogen and oxygen atoms in total. The molecule has 3 heteroatoms. The van der Waals surface area contributed by atoms with Crippen LogP contribution in [0.3, 0.4) is 0 Å². The van der Waals surface area contributed by atoms with Crippen molar-refractivity contribution in [2.24, 2.45) is 7.05 Å². The lowest BCUT2D eigenvalue weighted by atomic mass is 9.95. The largest absolute Gasteiger partial charge is 0.341 e. The lowest BCUT2D eigenvalue weighted by Gasteiger charge is -2.11. The lowest BCUT2D eigenvalue weighted by Crippen LogP contribution is -2.30. The van der Waals surface area contributed by atoms with Crippen LogP contribution in [0.4, 0.5) is 0 Å². The molecular weight excluding hydrogens is 408 g/mol. The van der Waals surface area contributed by atoms with Crippen molar-refractivity contribution in [3.8, 4) is 0 Å². The molecular formula is C29H27N2S+. The van der Waals surface area contributed by atoms with Gasteiger partial charge in [-0.05, 0) is 61.4 Å². The van der Waals surface area contributed by atoms with Gasteiger partial charge < -0.3 is 4.57 Å². The molecule has 0 bridgehead atoms. The molecule has 1 aliphatic carbocycles. The van der Waals surface area contributed by atoms with Gasteiger partial charge in [-0.2, -0.15) is 4.57 Å². The molecule has 5 aromatic rings. The molecule has 32 heavy (non-hydrogen) atoms. The Kier molecular flexibility index (Phi) is 4.73. The molecule has 3 aromatic carbocycles. The van der Waals surface area contributed by atoms with Crippen LogP contribution in [0.2, 0.25) is 0 Å². The van der Waals surface area contributed by atoms with E-state index in [1.165, 1.54) is 59.8 Å². The first-order chi connectivity index (χ1) is 15.7. The summed E-state index contributed by atoms with van der Waals surface area (Å²) in [5, 5.41) is 6.77. The zero-order valence-electron chi connectivity index (χ0n) is 18.6. The first-order valence-corrected chi connectivity index (χ1v) is 12.4. The maximum atomic E-state index is 2.45. The van der Waals surface area contributed by atoms with Gasteiger partial charge in [0.15, 0.2) is 0 Å². The van der Waals surface area contributed by atoms with Crippen LogP contribution in [0.1, 0.15) is 31.2 Å². The molecule has 0 amide bonds. The van der Waals surface area contributed by atoms with Crippen LogP contribution in [-0.2, 0) is 13.6 Å². The fourth-order valence-corrected chi connectivity index (χ4v) is 6.47. The van der Waals surface area contributed by atoms with Crippen LogP contribution in [0.5, 0.6) is 0 Å². The van der Waals surface area contributed by atoms with E-state index in [9.17, 15) is 0 Å². The number of aryl methyl sites for hydroxylation is 2. The molecule has 0 saturated heterocycles. The number of hydrogen-bond acceptors (Lipinski definition) is 1. The number of hydrogen-bond donors (Lipinski definition) is 0. The number of fused-ring (bicyclic) bond motifs is 1. The second-order valence-electron chi connectivity index (χ2n) is 8.68. The van der Waals surface area contributed by atoms with Crippen molar-refractivity contribution in [2.75, 3.05) is 0 Å². The van der Waals surface area contributed by atoms with Gasteiger partial charge in [-0.1, -0.05) is 59.9 Å². The second-order valence-corrected chi connectivity index (χ2v) is 9.71. The topological polar surface area (TPSA) is 8.81 Å². The monoisotopic (exact) mass is 435 g/mol. The third kappa shape index (κ3) is 3.03. The van der Waals surface area contributed by atoms with E-state index >= 15 is 0 Å². The Bertz CT molecular complexity index is 1590. The Morgan fingerprint density at radius 1 is 0.969 bits per heavy atom. The van der Waals surface area contributed by atoms with Crippen molar-refractivity contribution in [3.63, 3.8) is 0 Å². The maximum Gasteiger partial charge on any atom is 0.265 e. The molecule has 0 aliphatic heterocycles. The van der Waals surface area contributed by atoms with Crippen LogP contribution in [0.25, 0.3) is 43.5 Å². The van der Waals surface area contributed by atoms with Gasteiger partial charge in [0.2, 0.25) is 5.52 Å². The summed E-state index contributed by atoms with van der Waals surface area (Å²) in [4.78, 5) is 0. The average molecular weight is 436 g/mol. The van der Waals surface area contributed by atoms with Crippen LogP contribution < -0.4 is 9.92 Å². The second kappa shape index (κ2) is 7.75. The predicted molar refractivity (Wildman–Crippen MR) is 138 cm³/mol. The molecule has 2 heterocycles. The fraction of sp³-hybridized carbons (Fsp3) is 0.207. The number of para-hydroxylation sites is 1. The van der Waals surface area contributed by atoms with Crippen LogP contribution in [0, 0.1) is 0 Å². The van der Waals surface area contributed by atoms with Gasteiger partial charge in [-0.15, -0.1) is 0 Å². The molecule has 0 fully saturated rings. The Labute approximate surface area is 192 Å². The SMILES string of the molecule is CCn1/c(=C/C=C2\C=C(c3sc4ccccc4[n+]3C)CCC2)c2cccc3cccc1c32. The molecule has 1 aliphatic rings. The number of thiazole rings is 1. The summed E-state index contributed by atoms with van der Waals surface area (Å²) in [7, 11) is 2.20. The van der Waals surface area contributed by atoms with E-state index in [0.29, 0.717) is 0 Å². The predicted octanol–water partition coefficient (Wildman–Crippen LogP) is 6.55. The first kappa shape index (κ1) is 19.5. The smallest absolute Gasteiger partial charge is 0.265 e. The minimum atomic E-state index is 0.974. The minimum absolute atomic E-state index is 0.974. The van der Waals surface area contributed by atoms with E-state index in [2.05, 4.69) is 102 Å². The molecule has 0 atom stereocenters. The third-order valence-corrected chi connectivity index (χ3v) is 8.09. The summed E-state index contributed by atoms with van der Waals surface area (Å²) >= 11 is 1.91. The standard InChI is InChI=1S/C29H27N2S/c1-3-31-24(23-13-7-10-21-11-8-15-26(31)28(21)23)18-17-20-9-6-12-22(19-20)29-30(2)25-14-4-5-16-27(25)32-29/h4-5,7-8,10-11,13-19H,3,6,9,12H2,1-2H3/q+1. The molecule has 0 saturated carbocycles. The maximum absolute atomic E-state index is 2.45. The van der Waals surface area contributed by atoms with Gasteiger partial charge in [-0.25, -0.2) is 0 Å². The molecule has 0 N–H and O–H groups in total. The van der Waals surface area contributed by atoms with E-state index in [0.717, 1.165) is 19.4 Å². The van der Waals surface area contributed by atoms with Gasteiger partial charge in [0.25, 0.3) is 5.01 Å². The zero-order chi connectivity index (χ0) is 21.7. The van der Waals surface area contributed by atoms with Crippen LogP contribution in [-0.4, -0.2) is 4.57 Å². The Hall–Kier alpha value is -3.17. The highest BCUT2D eigenvalue weighted by atomic mass is 32.1. The van der Waals surface area contributed by atoms with E-state index in [4.69, 9.17) is 0 Å². The Balaban J connectivity index is 1.48. The molecule has 158 valence electrons. The summed E-state index contributed by atoms with van der Waals surface area (Å²) in [6.45, 7) is 3.22. The van der Waals surface area contributed by atoms with E-state index in [1.54, 1.807) is 0 Å². The molecule has 0 unspecified atom stereocenters. The lowest BCUT2D eigenvalue weighted by molar-refractivity contribution is -0.642. The Morgan fingerprint density at radius 3 is 2.66 bits per heavy atom. The average Bonchev–Trinajstić information content (AvgIpc) is 3.34. The summed E-state index contributed by atoms with van der Waals surface area (Å²) in [5.41, 5.74) is 5.55.